The van der Waals surface area contributed by atoms with Gasteiger partial charge in [-0.1, -0.05) is 0 Å². The third-order valence-corrected chi connectivity index (χ3v) is 2.52. The normalized spacial score (nSPS) is 15.3. The number of hydrogen-bond donors (Lipinski definition) is 2. The zero-order valence-corrected chi connectivity index (χ0v) is 7.57. The Morgan fingerprint density at radius 3 is 2.92 bits per heavy atom. The van der Waals surface area contributed by atoms with Crippen molar-refractivity contribution in [2.24, 2.45) is 0 Å². The van der Waals surface area contributed by atoms with E-state index < -0.39 is 5.82 Å². The first kappa shape index (κ1) is 8.44. The average molecular weight is 197 g/mol. The maximum absolute atomic E-state index is 12.9. The predicted molar refractivity (Wildman–Crippen MR) is 51.6 cm³/mol. The molecule has 2 rings (SSSR count). The minimum Gasteiger partial charge on any atom is -0.505 e. The summed E-state index contributed by atoms with van der Waals surface area (Å²) in [4.78, 5) is 0. The van der Waals surface area contributed by atoms with Gasteiger partial charge in [0.05, 0.1) is 5.88 Å². The minimum absolute atomic E-state index is 0.310. The molecule has 1 aliphatic rings. The Morgan fingerprint density at radius 2 is 2.31 bits per heavy atom. The molecule has 1 aromatic carbocycles. The standard InChI is InChI=1S/C9H8FNOS/c10-7-3-6(1-2-9(7)12)8-4-13-5-11-8/h1-4,11-12H,5H2. The molecule has 68 valence electrons. The topological polar surface area (TPSA) is 32.3 Å². The molecule has 0 aliphatic carbocycles. The van der Waals surface area contributed by atoms with E-state index in [9.17, 15) is 4.39 Å². The predicted octanol–water partition coefficient (Wildman–Crippen LogP) is 2.12. The van der Waals surface area contributed by atoms with Crippen molar-refractivity contribution in [2.45, 2.75) is 0 Å². The lowest BCUT2D eigenvalue weighted by molar-refractivity contribution is 0.432. The van der Waals surface area contributed by atoms with Crippen molar-refractivity contribution in [3.63, 3.8) is 0 Å². The smallest absolute Gasteiger partial charge is 0.165 e. The van der Waals surface area contributed by atoms with Crippen molar-refractivity contribution in [2.75, 3.05) is 5.88 Å². The molecule has 1 aliphatic heterocycles. The van der Waals surface area contributed by atoms with Gasteiger partial charge in [0.2, 0.25) is 0 Å². The molecule has 0 amide bonds. The van der Waals surface area contributed by atoms with E-state index in [0.717, 1.165) is 17.1 Å². The second-order valence-corrected chi connectivity index (χ2v) is 3.54. The van der Waals surface area contributed by atoms with Crippen LogP contribution in [0.4, 0.5) is 4.39 Å². The fourth-order valence-electron chi connectivity index (χ4n) is 1.13. The molecule has 0 radical (unpaired) electrons. The molecule has 0 aromatic heterocycles. The number of phenolic OH excluding ortho intramolecular Hbond substituents is 1. The van der Waals surface area contributed by atoms with E-state index >= 15 is 0 Å². The van der Waals surface area contributed by atoms with Gasteiger partial charge in [0.15, 0.2) is 11.6 Å². The molecule has 1 aromatic rings. The van der Waals surface area contributed by atoms with Crippen molar-refractivity contribution in [1.29, 1.82) is 0 Å². The van der Waals surface area contributed by atoms with Crippen LogP contribution in [0.2, 0.25) is 0 Å². The summed E-state index contributed by atoms with van der Waals surface area (Å²) in [6.45, 7) is 0. The molecule has 0 fully saturated rings. The highest BCUT2D eigenvalue weighted by atomic mass is 32.2. The number of halogens is 1. The van der Waals surface area contributed by atoms with Crippen LogP contribution in [0.25, 0.3) is 5.70 Å². The van der Waals surface area contributed by atoms with E-state index in [2.05, 4.69) is 5.32 Å². The van der Waals surface area contributed by atoms with Gasteiger partial charge in [-0.15, -0.1) is 11.8 Å². The fraction of sp³-hybridized carbons (Fsp3) is 0.111. The van der Waals surface area contributed by atoms with Gasteiger partial charge in [-0.3, -0.25) is 0 Å². The monoisotopic (exact) mass is 197 g/mol. The maximum Gasteiger partial charge on any atom is 0.165 e. The van der Waals surface area contributed by atoms with Crippen molar-refractivity contribution >= 4 is 17.5 Å². The molecule has 0 unspecified atom stereocenters. The number of benzene rings is 1. The van der Waals surface area contributed by atoms with Gasteiger partial charge in [0.25, 0.3) is 0 Å². The highest BCUT2D eigenvalue weighted by Gasteiger charge is 2.08. The lowest BCUT2D eigenvalue weighted by atomic mass is 10.1. The summed E-state index contributed by atoms with van der Waals surface area (Å²) >= 11 is 1.63. The second-order valence-electron chi connectivity index (χ2n) is 2.69. The van der Waals surface area contributed by atoms with Crippen LogP contribution < -0.4 is 5.32 Å². The van der Waals surface area contributed by atoms with Crippen LogP contribution in [-0.2, 0) is 0 Å². The van der Waals surface area contributed by atoms with Gasteiger partial charge in [0.1, 0.15) is 0 Å². The van der Waals surface area contributed by atoms with Crippen molar-refractivity contribution in [1.82, 2.24) is 5.32 Å². The van der Waals surface area contributed by atoms with E-state index in [0.29, 0.717) is 0 Å². The minimum atomic E-state index is -0.586. The van der Waals surface area contributed by atoms with E-state index in [1.165, 1.54) is 12.1 Å². The van der Waals surface area contributed by atoms with Gasteiger partial charge in [-0.05, 0) is 23.6 Å². The van der Waals surface area contributed by atoms with E-state index in [4.69, 9.17) is 5.11 Å². The van der Waals surface area contributed by atoms with E-state index in [1.54, 1.807) is 17.8 Å². The highest BCUT2D eigenvalue weighted by Crippen LogP contribution is 2.25. The highest BCUT2D eigenvalue weighted by molar-refractivity contribution is 8.02. The van der Waals surface area contributed by atoms with Crippen LogP contribution in [0.1, 0.15) is 5.56 Å². The quantitative estimate of drug-likeness (QED) is 0.723. The Morgan fingerprint density at radius 1 is 1.46 bits per heavy atom. The largest absolute Gasteiger partial charge is 0.505 e. The molecular formula is C9H8FNOS. The molecule has 0 saturated carbocycles. The summed E-state index contributed by atoms with van der Waals surface area (Å²) in [5.41, 5.74) is 1.67. The molecule has 2 nitrogen and oxygen atoms in total. The fourth-order valence-corrected chi connectivity index (χ4v) is 1.84. The number of phenols is 1. The SMILES string of the molecule is Oc1ccc(C2=CSCN2)cc1F. The number of thioether (sulfide) groups is 1. The van der Waals surface area contributed by atoms with Crippen molar-refractivity contribution < 1.29 is 9.50 Å². The van der Waals surface area contributed by atoms with Crippen molar-refractivity contribution in [3.8, 4) is 5.75 Å². The summed E-state index contributed by atoms with van der Waals surface area (Å²) in [7, 11) is 0. The Bertz CT molecular complexity index is 365. The van der Waals surface area contributed by atoms with E-state index in [1.807, 2.05) is 5.41 Å². The Labute approximate surface area is 79.5 Å². The van der Waals surface area contributed by atoms with Crippen molar-refractivity contribution in [3.05, 3.63) is 35.0 Å². The molecule has 0 atom stereocenters. The first-order valence-corrected chi connectivity index (χ1v) is 4.87. The van der Waals surface area contributed by atoms with Gasteiger partial charge in [-0.25, -0.2) is 4.39 Å². The average Bonchev–Trinajstić information content (AvgIpc) is 2.62. The lowest BCUT2D eigenvalue weighted by Gasteiger charge is -2.03. The molecule has 13 heavy (non-hydrogen) atoms. The molecule has 0 bridgehead atoms. The van der Waals surface area contributed by atoms with Crippen LogP contribution in [0.3, 0.4) is 0 Å². The van der Waals surface area contributed by atoms with E-state index in [-0.39, 0.29) is 5.75 Å². The van der Waals surface area contributed by atoms with Crippen LogP contribution in [0, 0.1) is 5.82 Å². The first-order chi connectivity index (χ1) is 6.27. The zero-order valence-electron chi connectivity index (χ0n) is 6.75. The van der Waals surface area contributed by atoms with Gasteiger partial charge >= 0.3 is 0 Å². The maximum atomic E-state index is 12.9. The Hall–Kier alpha value is -1.16. The summed E-state index contributed by atoms with van der Waals surface area (Å²) in [5.74, 6) is -0.0789. The number of rotatable bonds is 1. The molecule has 4 heteroatoms. The van der Waals surface area contributed by atoms with Crippen LogP contribution >= 0.6 is 11.8 Å². The lowest BCUT2D eigenvalue weighted by Crippen LogP contribution is -2.05. The molecule has 0 saturated heterocycles. The summed E-state index contributed by atoms with van der Waals surface area (Å²) in [6.07, 6.45) is 0. The third kappa shape index (κ3) is 1.62. The Kier molecular flexibility index (Phi) is 2.14. The summed E-state index contributed by atoms with van der Waals surface area (Å²) < 4.78 is 12.9. The zero-order chi connectivity index (χ0) is 9.26. The molecule has 0 spiro atoms. The molecular weight excluding hydrogens is 189 g/mol. The summed E-state index contributed by atoms with van der Waals surface area (Å²) in [6, 6.07) is 4.36. The molecule has 2 N–H and O–H groups in total. The van der Waals surface area contributed by atoms with Crippen LogP contribution in [0.5, 0.6) is 5.75 Å². The Balaban J connectivity index is 2.36. The third-order valence-electron chi connectivity index (χ3n) is 1.81. The van der Waals surface area contributed by atoms with Gasteiger partial charge in [0, 0.05) is 11.3 Å². The van der Waals surface area contributed by atoms with Gasteiger partial charge in [-0.2, -0.15) is 0 Å². The second kappa shape index (κ2) is 3.30. The van der Waals surface area contributed by atoms with Crippen LogP contribution in [0.15, 0.2) is 23.6 Å². The van der Waals surface area contributed by atoms with Crippen LogP contribution in [-0.4, -0.2) is 11.0 Å². The molecule has 1 heterocycles. The first-order valence-electron chi connectivity index (χ1n) is 3.82. The van der Waals surface area contributed by atoms with Gasteiger partial charge < -0.3 is 10.4 Å². The number of nitrogens with one attached hydrogen (secondary N) is 1. The summed E-state index contributed by atoms with van der Waals surface area (Å²) in [5, 5.41) is 14.0. The number of hydrogen-bond acceptors (Lipinski definition) is 3. The number of aromatic hydroxyl groups is 1.